The molecule has 0 saturated carbocycles. The number of methoxy groups -OCH3 is 1. The van der Waals surface area contributed by atoms with E-state index in [0.717, 1.165) is 24.5 Å². The van der Waals surface area contributed by atoms with Crippen LogP contribution in [0, 0.1) is 0 Å². The summed E-state index contributed by atoms with van der Waals surface area (Å²) < 4.78 is 5.11. The molecule has 7 nitrogen and oxygen atoms in total. The Bertz CT molecular complexity index is 921. The molecule has 29 heavy (non-hydrogen) atoms. The normalized spacial score (nSPS) is 10.3. The SMILES string of the molecule is CCN(CC)c1ccc(Nc2cnc(C(=O)Nc3ccc(OC)cc3)cn2)cc1. The Balaban J connectivity index is 1.61. The molecule has 3 rings (SSSR count). The van der Waals surface area contributed by atoms with Gasteiger partial charge in [0.1, 0.15) is 17.3 Å². The summed E-state index contributed by atoms with van der Waals surface area (Å²) in [6, 6.07) is 15.2. The average molecular weight is 391 g/mol. The summed E-state index contributed by atoms with van der Waals surface area (Å²) in [5.74, 6) is 0.975. The number of aromatic nitrogens is 2. The Hall–Kier alpha value is -3.61. The first-order chi connectivity index (χ1) is 14.1. The maximum Gasteiger partial charge on any atom is 0.275 e. The molecule has 0 atom stereocenters. The van der Waals surface area contributed by atoms with Gasteiger partial charge in [0.15, 0.2) is 0 Å². The van der Waals surface area contributed by atoms with Crippen LogP contribution in [0.4, 0.5) is 22.9 Å². The van der Waals surface area contributed by atoms with Gasteiger partial charge in [-0.1, -0.05) is 0 Å². The first-order valence-corrected chi connectivity index (χ1v) is 9.52. The summed E-state index contributed by atoms with van der Waals surface area (Å²) in [7, 11) is 1.60. The third kappa shape index (κ3) is 5.22. The van der Waals surface area contributed by atoms with Gasteiger partial charge in [-0.3, -0.25) is 4.79 Å². The van der Waals surface area contributed by atoms with Crippen molar-refractivity contribution in [3.05, 3.63) is 66.6 Å². The van der Waals surface area contributed by atoms with Crippen LogP contribution in [-0.4, -0.2) is 36.1 Å². The molecule has 150 valence electrons. The predicted molar refractivity (Wildman–Crippen MR) is 116 cm³/mol. The van der Waals surface area contributed by atoms with Gasteiger partial charge >= 0.3 is 0 Å². The molecular weight excluding hydrogens is 366 g/mol. The van der Waals surface area contributed by atoms with Gasteiger partial charge in [-0.15, -0.1) is 0 Å². The van der Waals surface area contributed by atoms with Crippen LogP contribution in [0.25, 0.3) is 0 Å². The number of hydrogen-bond acceptors (Lipinski definition) is 6. The summed E-state index contributed by atoms with van der Waals surface area (Å²) >= 11 is 0. The molecule has 0 aliphatic heterocycles. The number of carbonyl (C=O) groups excluding carboxylic acids is 1. The maximum atomic E-state index is 12.3. The van der Waals surface area contributed by atoms with E-state index >= 15 is 0 Å². The van der Waals surface area contributed by atoms with E-state index in [1.807, 2.05) is 12.1 Å². The highest BCUT2D eigenvalue weighted by Crippen LogP contribution is 2.20. The monoisotopic (exact) mass is 391 g/mol. The van der Waals surface area contributed by atoms with Crippen molar-refractivity contribution in [3.63, 3.8) is 0 Å². The van der Waals surface area contributed by atoms with Crippen molar-refractivity contribution in [2.45, 2.75) is 13.8 Å². The second-order valence-electron chi connectivity index (χ2n) is 6.31. The van der Waals surface area contributed by atoms with Crippen molar-refractivity contribution < 1.29 is 9.53 Å². The second-order valence-corrected chi connectivity index (χ2v) is 6.31. The predicted octanol–water partition coefficient (Wildman–Crippen LogP) is 4.33. The zero-order chi connectivity index (χ0) is 20.6. The molecule has 0 spiro atoms. The van der Waals surface area contributed by atoms with Crippen LogP contribution in [0.15, 0.2) is 60.9 Å². The minimum atomic E-state index is -0.321. The van der Waals surface area contributed by atoms with Crippen molar-refractivity contribution in [1.29, 1.82) is 0 Å². The highest BCUT2D eigenvalue weighted by atomic mass is 16.5. The molecule has 3 aromatic rings. The summed E-state index contributed by atoms with van der Waals surface area (Å²) in [6.45, 7) is 6.21. The smallest absolute Gasteiger partial charge is 0.275 e. The van der Waals surface area contributed by atoms with E-state index in [1.54, 1.807) is 37.6 Å². The quantitative estimate of drug-likeness (QED) is 0.595. The topological polar surface area (TPSA) is 79.4 Å². The minimum absolute atomic E-state index is 0.239. The lowest BCUT2D eigenvalue weighted by Crippen LogP contribution is -2.21. The third-order valence-electron chi connectivity index (χ3n) is 4.50. The molecule has 0 aliphatic carbocycles. The number of anilines is 4. The molecule has 1 aromatic heterocycles. The van der Waals surface area contributed by atoms with E-state index in [-0.39, 0.29) is 11.6 Å². The van der Waals surface area contributed by atoms with E-state index < -0.39 is 0 Å². The van der Waals surface area contributed by atoms with E-state index in [4.69, 9.17) is 4.74 Å². The zero-order valence-corrected chi connectivity index (χ0v) is 16.8. The molecule has 0 unspecified atom stereocenters. The molecule has 0 fully saturated rings. The Labute approximate surface area is 170 Å². The van der Waals surface area contributed by atoms with Gasteiger partial charge in [-0.2, -0.15) is 0 Å². The lowest BCUT2D eigenvalue weighted by atomic mass is 10.2. The molecule has 7 heteroatoms. The molecule has 0 aliphatic rings. The highest BCUT2D eigenvalue weighted by Gasteiger charge is 2.09. The highest BCUT2D eigenvalue weighted by molar-refractivity contribution is 6.02. The van der Waals surface area contributed by atoms with Crippen LogP contribution in [0.5, 0.6) is 5.75 Å². The van der Waals surface area contributed by atoms with Crippen LogP contribution < -0.4 is 20.3 Å². The van der Waals surface area contributed by atoms with Crippen LogP contribution in [0.3, 0.4) is 0 Å². The van der Waals surface area contributed by atoms with E-state index in [0.29, 0.717) is 11.5 Å². The Morgan fingerprint density at radius 2 is 1.59 bits per heavy atom. The Morgan fingerprint density at radius 1 is 0.931 bits per heavy atom. The first kappa shape index (κ1) is 20.1. The molecule has 2 N–H and O–H groups in total. The van der Waals surface area contributed by atoms with Gasteiger partial charge in [0.2, 0.25) is 0 Å². The molecule has 1 amide bonds. The second kappa shape index (κ2) is 9.54. The van der Waals surface area contributed by atoms with Crippen molar-refractivity contribution in [2.24, 2.45) is 0 Å². The standard InChI is InChI=1S/C22H25N5O2/c1-4-27(5-2)18-10-6-16(7-11-18)25-21-15-23-20(14-24-21)22(28)26-17-8-12-19(29-3)13-9-17/h6-15H,4-5H2,1-3H3,(H,24,25)(H,26,28). The lowest BCUT2D eigenvalue weighted by molar-refractivity contribution is 0.102. The van der Waals surface area contributed by atoms with Crippen LogP contribution in [0.1, 0.15) is 24.3 Å². The van der Waals surface area contributed by atoms with Gasteiger partial charge in [-0.25, -0.2) is 9.97 Å². The average Bonchev–Trinajstić information content (AvgIpc) is 2.77. The number of hydrogen-bond donors (Lipinski definition) is 2. The molecule has 0 bridgehead atoms. The van der Waals surface area contributed by atoms with Crippen LogP contribution >= 0.6 is 0 Å². The number of amides is 1. The van der Waals surface area contributed by atoms with Gasteiger partial charge < -0.3 is 20.3 Å². The largest absolute Gasteiger partial charge is 0.497 e. The molecule has 0 saturated heterocycles. The van der Waals surface area contributed by atoms with Crippen LogP contribution in [0.2, 0.25) is 0 Å². The van der Waals surface area contributed by atoms with Gasteiger partial charge in [0.25, 0.3) is 5.91 Å². The fourth-order valence-corrected chi connectivity index (χ4v) is 2.87. The maximum absolute atomic E-state index is 12.3. The van der Waals surface area contributed by atoms with Crippen molar-refractivity contribution in [2.75, 3.05) is 35.7 Å². The van der Waals surface area contributed by atoms with Gasteiger partial charge in [-0.05, 0) is 62.4 Å². The summed E-state index contributed by atoms with van der Waals surface area (Å²) in [5, 5.41) is 5.98. The lowest BCUT2D eigenvalue weighted by Gasteiger charge is -2.21. The number of benzene rings is 2. The number of carbonyl (C=O) groups is 1. The van der Waals surface area contributed by atoms with Gasteiger partial charge in [0.05, 0.1) is 19.5 Å². The van der Waals surface area contributed by atoms with Crippen molar-refractivity contribution in [1.82, 2.24) is 9.97 Å². The molecule has 2 aromatic carbocycles. The summed E-state index contributed by atoms with van der Waals surface area (Å²) in [4.78, 5) is 23.1. The Kier molecular flexibility index (Phi) is 6.63. The van der Waals surface area contributed by atoms with Crippen molar-refractivity contribution in [3.8, 4) is 5.75 Å². The van der Waals surface area contributed by atoms with Gasteiger partial charge in [0, 0.05) is 30.2 Å². The number of ether oxygens (including phenoxy) is 1. The summed E-state index contributed by atoms with van der Waals surface area (Å²) in [6.07, 6.45) is 2.99. The number of nitrogens with one attached hydrogen (secondary N) is 2. The van der Waals surface area contributed by atoms with Crippen molar-refractivity contribution >= 4 is 28.8 Å². The summed E-state index contributed by atoms with van der Waals surface area (Å²) in [5.41, 5.74) is 2.99. The molecule has 0 radical (unpaired) electrons. The zero-order valence-electron chi connectivity index (χ0n) is 16.8. The number of nitrogens with zero attached hydrogens (tertiary/aromatic N) is 3. The minimum Gasteiger partial charge on any atom is -0.497 e. The van der Waals surface area contributed by atoms with E-state index in [1.165, 1.54) is 11.9 Å². The van der Waals surface area contributed by atoms with E-state index in [2.05, 4.69) is 51.5 Å². The fraction of sp³-hybridized carbons (Fsp3) is 0.227. The fourth-order valence-electron chi connectivity index (χ4n) is 2.87. The molecule has 1 heterocycles. The Morgan fingerprint density at radius 3 is 2.14 bits per heavy atom. The number of rotatable bonds is 8. The third-order valence-corrected chi connectivity index (χ3v) is 4.50. The van der Waals surface area contributed by atoms with E-state index in [9.17, 15) is 4.79 Å². The first-order valence-electron chi connectivity index (χ1n) is 9.52. The van der Waals surface area contributed by atoms with Crippen LogP contribution in [-0.2, 0) is 0 Å². The molecular formula is C22H25N5O2.